The molecule has 1 amide bonds. The van der Waals surface area contributed by atoms with Gasteiger partial charge in [-0.15, -0.1) is 0 Å². The van der Waals surface area contributed by atoms with Crippen molar-refractivity contribution >= 4 is 62.1 Å². The SMILES string of the molecule is O=C(Nc1cccc(S(=O)(=O)Nc2ccccc2Cl)c1)c1cccc(Cl)c1Cl. The largest absolute Gasteiger partial charge is 0.322 e. The number of amides is 1. The van der Waals surface area contributed by atoms with Crippen molar-refractivity contribution in [2.45, 2.75) is 4.90 Å². The molecule has 0 atom stereocenters. The highest BCUT2D eigenvalue weighted by molar-refractivity contribution is 7.92. The van der Waals surface area contributed by atoms with E-state index in [1.54, 1.807) is 42.5 Å². The first kappa shape index (κ1) is 20.5. The Hall–Kier alpha value is -2.25. The molecule has 0 aliphatic carbocycles. The van der Waals surface area contributed by atoms with Crippen LogP contribution < -0.4 is 10.0 Å². The second kappa shape index (κ2) is 8.41. The fraction of sp³-hybridized carbons (Fsp3) is 0. The Balaban J connectivity index is 1.85. The fourth-order valence-corrected chi connectivity index (χ4v) is 4.12. The van der Waals surface area contributed by atoms with E-state index in [2.05, 4.69) is 10.0 Å². The van der Waals surface area contributed by atoms with Gasteiger partial charge in [-0.3, -0.25) is 9.52 Å². The van der Waals surface area contributed by atoms with E-state index in [-0.39, 0.29) is 36.9 Å². The fourth-order valence-electron chi connectivity index (χ4n) is 2.37. The minimum absolute atomic E-state index is 0.0394. The highest BCUT2D eigenvalue weighted by Gasteiger charge is 2.18. The molecule has 0 saturated carbocycles. The summed E-state index contributed by atoms with van der Waals surface area (Å²) in [6.45, 7) is 0. The molecule has 0 saturated heterocycles. The molecular weight excluding hydrogens is 443 g/mol. The van der Waals surface area contributed by atoms with Crippen LogP contribution in [-0.2, 0) is 10.0 Å². The monoisotopic (exact) mass is 454 g/mol. The van der Waals surface area contributed by atoms with Gasteiger partial charge in [-0.05, 0) is 42.5 Å². The number of hydrogen-bond donors (Lipinski definition) is 2. The number of hydrogen-bond acceptors (Lipinski definition) is 3. The third-order valence-electron chi connectivity index (χ3n) is 3.72. The zero-order valence-electron chi connectivity index (χ0n) is 14.1. The van der Waals surface area contributed by atoms with Crippen LogP contribution in [0.3, 0.4) is 0 Å². The van der Waals surface area contributed by atoms with E-state index in [1.807, 2.05) is 0 Å². The van der Waals surface area contributed by atoms with E-state index in [9.17, 15) is 13.2 Å². The Labute approximate surface area is 177 Å². The van der Waals surface area contributed by atoms with Gasteiger partial charge in [0, 0.05) is 5.69 Å². The second-order valence-corrected chi connectivity index (χ2v) is 8.54. The number of para-hydroxylation sites is 1. The summed E-state index contributed by atoms with van der Waals surface area (Å²) < 4.78 is 27.7. The molecule has 2 N–H and O–H groups in total. The lowest BCUT2D eigenvalue weighted by atomic mass is 10.2. The summed E-state index contributed by atoms with van der Waals surface area (Å²) in [5.41, 5.74) is 0.712. The lowest BCUT2D eigenvalue weighted by Gasteiger charge is -2.12. The minimum Gasteiger partial charge on any atom is -0.322 e. The maximum atomic E-state index is 12.6. The van der Waals surface area contributed by atoms with Crippen LogP contribution in [0.2, 0.25) is 15.1 Å². The average molecular weight is 456 g/mol. The zero-order valence-corrected chi connectivity index (χ0v) is 17.2. The molecule has 0 aliphatic heterocycles. The number of carbonyl (C=O) groups is 1. The Morgan fingerprint density at radius 2 is 1.50 bits per heavy atom. The molecule has 9 heteroatoms. The van der Waals surface area contributed by atoms with Crippen molar-refractivity contribution in [3.63, 3.8) is 0 Å². The van der Waals surface area contributed by atoms with Gasteiger partial charge < -0.3 is 5.32 Å². The Morgan fingerprint density at radius 3 is 2.25 bits per heavy atom. The molecular formula is C19H13Cl3N2O3S. The maximum absolute atomic E-state index is 12.6. The van der Waals surface area contributed by atoms with Crippen LogP contribution in [0.1, 0.15) is 10.4 Å². The molecule has 3 rings (SSSR count). The van der Waals surface area contributed by atoms with Crippen LogP contribution in [-0.4, -0.2) is 14.3 Å². The quantitative estimate of drug-likeness (QED) is 0.518. The van der Waals surface area contributed by atoms with E-state index in [4.69, 9.17) is 34.8 Å². The van der Waals surface area contributed by atoms with Gasteiger partial charge in [-0.25, -0.2) is 8.42 Å². The van der Waals surface area contributed by atoms with Crippen molar-refractivity contribution in [1.29, 1.82) is 0 Å². The summed E-state index contributed by atoms with van der Waals surface area (Å²) in [5, 5.41) is 3.24. The Kier molecular flexibility index (Phi) is 6.15. The van der Waals surface area contributed by atoms with Crippen molar-refractivity contribution in [2.24, 2.45) is 0 Å². The van der Waals surface area contributed by atoms with Crippen LogP contribution in [0.15, 0.2) is 71.6 Å². The lowest BCUT2D eigenvalue weighted by molar-refractivity contribution is 0.102. The van der Waals surface area contributed by atoms with E-state index in [0.717, 1.165) is 0 Å². The first-order valence-electron chi connectivity index (χ1n) is 7.91. The van der Waals surface area contributed by atoms with E-state index in [1.165, 1.54) is 24.3 Å². The predicted molar refractivity (Wildman–Crippen MR) is 113 cm³/mol. The van der Waals surface area contributed by atoms with Crippen molar-refractivity contribution in [2.75, 3.05) is 10.0 Å². The number of benzene rings is 3. The van der Waals surface area contributed by atoms with Crippen LogP contribution in [0.4, 0.5) is 11.4 Å². The summed E-state index contributed by atoms with van der Waals surface area (Å²) in [6, 6.07) is 17.0. The molecule has 3 aromatic rings. The topological polar surface area (TPSA) is 75.3 Å². The highest BCUT2D eigenvalue weighted by atomic mass is 35.5. The van der Waals surface area contributed by atoms with Gasteiger partial charge in [0.1, 0.15) is 0 Å². The van der Waals surface area contributed by atoms with Crippen molar-refractivity contribution < 1.29 is 13.2 Å². The summed E-state index contributed by atoms with van der Waals surface area (Å²) in [7, 11) is -3.91. The van der Waals surface area contributed by atoms with Gasteiger partial charge in [-0.1, -0.05) is 59.1 Å². The molecule has 0 aliphatic rings. The lowest BCUT2D eigenvalue weighted by Crippen LogP contribution is -2.15. The second-order valence-electron chi connectivity index (χ2n) is 5.67. The third kappa shape index (κ3) is 4.59. The molecule has 0 aromatic heterocycles. The van der Waals surface area contributed by atoms with Gasteiger partial charge >= 0.3 is 0 Å². The average Bonchev–Trinajstić information content (AvgIpc) is 2.66. The molecule has 0 heterocycles. The Bertz CT molecular complexity index is 1150. The Morgan fingerprint density at radius 1 is 0.821 bits per heavy atom. The number of anilines is 2. The van der Waals surface area contributed by atoms with Crippen LogP contribution in [0.5, 0.6) is 0 Å². The molecule has 28 heavy (non-hydrogen) atoms. The molecule has 0 spiro atoms. The predicted octanol–water partition coefficient (Wildman–Crippen LogP) is 5.70. The molecule has 0 radical (unpaired) electrons. The van der Waals surface area contributed by atoms with Crippen LogP contribution >= 0.6 is 34.8 Å². The van der Waals surface area contributed by atoms with E-state index >= 15 is 0 Å². The molecule has 0 fully saturated rings. The number of rotatable bonds is 5. The first-order valence-corrected chi connectivity index (χ1v) is 10.5. The first-order chi connectivity index (χ1) is 13.3. The minimum atomic E-state index is -3.91. The van der Waals surface area contributed by atoms with Crippen LogP contribution in [0.25, 0.3) is 0 Å². The number of sulfonamides is 1. The van der Waals surface area contributed by atoms with E-state index in [0.29, 0.717) is 0 Å². The van der Waals surface area contributed by atoms with Gasteiger partial charge in [0.2, 0.25) is 0 Å². The van der Waals surface area contributed by atoms with Gasteiger partial charge in [0.25, 0.3) is 15.9 Å². The summed E-state index contributed by atoms with van der Waals surface area (Å²) in [4.78, 5) is 12.4. The maximum Gasteiger partial charge on any atom is 0.262 e. The van der Waals surface area contributed by atoms with Crippen molar-refractivity contribution in [1.82, 2.24) is 0 Å². The van der Waals surface area contributed by atoms with Gasteiger partial charge in [0.05, 0.1) is 31.2 Å². The number of nitrogens with one attached hydrogen (secondary N) is 2. The number of halogens is 3. The van der Waals surface area contributed by atoms with Crippen molar-refractivity contribution in [3.05, 3.63) is 87.4 Å². The summed E-state index contributed by atoms with van der Waals surface area (Å²) in [6.07, 6.45) is 0. The third-order valence-corrected chi connectivity index (χ3v) is 6.23. The van der Waals surface area contributed by atoms with Gasteiger partial charge in [-0.2, -0.15) is 0 Å². The smallest absolute Gasteiger partial charge is 0.262 e. The standard InChI is InChI=1S/C19H13Cl3N2O3S/c20-15-8-1-2-10-17(15)24-28(26,27)13-6-3-5-12(11-13)23-19(25)14-7-4-9-16(21)18(14)22/h1-11,24H,(H,23,25). The van der Waals surface area contributed by atoms with Crippen molar-refractivity contribution in [3.8, 4) is 0 Å². The number of carbonyl (C=O) groups excluding carboxylic acids is 1. The van der Waals surface area contributed by atoms with Gasteiger partial charge in [0.15, 0.2) is 0 Å². The summed E-state index contributed by atoms with van der Waals surface area (Å²) in [5.74, 6) is -0.513. The highest BCUT2D eigenvalue weighted by Crippen LogP contribution is 2.27. The molecule has 0 unspecified atom stereocenters. The summed E-state index contributed by atoms with van der Waals surface area (Å²) >= 11 is 18.0. The van der Waals surface area contributed by atoms with Crippen LogP contribution in [0, 0.1) is 0 Å². The normalized spacial score (nSPS) is 11.1. The van der Waals surface area contributed by atoms with E-state index < -0.39 is 15.9 Å². The molecule has 144 valence electrons. The molecule has 3 aromatic carbocycles. The molecule has 0 bridgehead atoms. The molecule has 5 nitrogen and oxygen atoms in total. The zero-order chi connectivity index (χ0) is 20.3.